The van der Waals surface area contributed by atoms with Crippen LogP contribution in [-0.4, -0.2) is 74.4 Å². The van der Waals surface area contributed by atoms with Crippen LogP contribution in [0.5, 0.6) is 0 Å². The number of carboxylic acid groups (broad SMARTS) is 1. The number of hydrogen-bond acceptors (Lipinski definition) is 8. The minimum absolute atomic E-state index is 0.0219. The van der Waals surface area contributed by atoms with Crippen LogP contribution in [0.4, 0.5) is 0 Å². The van der Waals surface area contributed by atoms with E-state index in [4.69, 9.17) is 0 Å². The van der Waals surface area contributed by atoms with Crippen molar-refractivity contribution in [3.05, 3.63) is 70.8 Å². The van der Waals surface area contributed by atoms with Gasteiger partial charge in [0.15, 0.2) is 0 Å². The molecule has 2 aromatic carbocycles. The monoisotopic (exact) mass is 484 g/mol. The Bertz CT molecular complexity index is 1130. The molecule has 0 fully saturated rings. The molecule has 0 aliphatic carbocycles. The average Bonchev–Trinajstić information content (AvgIpc) is 3.22. The fourth-order valence-corrected chi connectivity index (χ4v) is 6.02. The van der Waals surface area contributed by atoms with Crippen molar-refractivity contribution in [3.63, 3.8) is 0 Å². The Morgan fingerprint density at radius 3 is 1.55 bits per heavy atom. The van der Waals surface area contributed by atoms with Gasteiger partial charge in [-0.1, -0.05) is 45.9 Å². The molecule has 4 amide bonds. The average molecular weight is 485 g/mol. The Morgan fingerprint density at radius 2 is 1.15 bits per heavy atom. The van der Waals surface area contributed by atoms with Crippen molar-refractivity contribution in [3.8, 4) is 0 Å². The second-order valence-corrected chi connectivity index (χ2v) is 9.73. The lowest BCUT2D eigenvalue weighted by Gasteiger charge is -2.23. The molecule has 2 aliphatic rings. The number of rotatable bonds is 9. The highest BCUT2D eigenvalue weighted by Crippen LogP contribution is 2.31. The normalized spacial score (nSPS) is 16.6. The van der Waals surface area contributed by atoms with Crippen molar-refractivity contribution in [2.24, 2.45) is 0 Å². The lowest BCUT2D eigenvalue weighted by atomic mass is 10.1. The third-order valence-corrected chi connectivity index (χ3v) is 7.70. The summed E-state index contributed by atoms with van der Waals surface area (Å²) in [6.45, 7) is 0. The van der Waals surface area contributed by atoms with Crippen molar-refractivity contribution in [1.82, 2.24) is 9.80 Å². The van der Waals surface area contributed by atoms with Crippen molar-refractivity contribution >= 4 is 57.5 Å². The van der Waals surface area contributed by atoms with E-state index in [-0.39, 0.29) is 33.8 Å². The first-order valence-corrected chi connectivity index (χ1v) is 12.2. The van der Waals surface area contributed by atoms with E-state index in [2.05, 4.69) is 0 Å². The van der Waals surface area contributed by atoms with E-state index in [0.29, 0.717) is 6.29 Å². The highest BCUT2D eigenvalue weighted by atomic mass is 33.1. The summed E-state index contributed by atoms with van der Waals surface area (Å²) in [6, 6.07) is 9.93. The zero-order valence-electron chi connectivity index (χ0n) is 16.9. The van der Waals surface area contributed by atoms with Crippen molar-refractivity contribution in [1.29, 1.82) is 0 Å². The molecule has 0 unspecified atom stereocenters. The van der Waals surface area contributed by atoms with Gasteiger partial charge in [-0.3, -0.25) is 29.0 Å². The van der Waals surface area contributed by atoms with E-state index in [9.17, 15) is 33.9 Å². The number of carboxylic acids is 1. The Hall–Kier alpha value is -3.44. The molecule has 0 saturated heterocycles. The number of carbonyl (C=O) groups excluding carboxylic acids is 5. The number of fused-ring (bicyclic) bond motifs is 2. The molecule has 0 radical (unpaired) electrons. The zero-order chi connectivity index (χ0) is 23.7. The van der Waals surface area contributed by atoms with Gasteiger partial charge in [-0.15, -0.1) is 0 Å². The molecule has 0 saturated carbocycles. The second-order valence-electron chi connectivity index (χ2n) is 7.18. The molecular formula is C22H16N2O7S2. The van der Waals surface area contributed by atoms with Crippen LogP contribution in [0.1, 0.15) is 41.4 Å². The lowest BCUT2D eigenvalue weighted by molar-refractivity contribution is -0.140. The van der Waals surface area contributed by atoms with Gasteiger partial charge < -0.3 is 9.90 Å². The summed E-state index contributed by atoms with van der Waals surface area (Å²) in [4.78, 5) is 75.4. The summed E-state index contributed by atoms with van der Waals surface area (Å²) in [6.07, 6.45) is 0.494. The van der Waals surface area contributed by atoms with Crippen molar-refractivity contribution in [2.45, 2.75) is 12.1 Å². The van der Waals surface area contributed by atoms with E-state index < -0.39 is 41.7 Å². The van der Waals surface area contributed by atoms with E-state index in [1.54, 1.807) is 24.3 Å². The van der Waals surface area contributed by atoms with E-state index >= 15 is 0 Å². The first-order chi connectivity index (χ1) is 15.9. The van der Waals surface area contributed by atoms with Crippen LogP contribution in [-0.2, 0) is 9.59 Å². The fraction of sp³-hybridized carbons (Fsp3) is 0.182. The predicted octanol–water partition coefficient (Wildman–Crippen LogP) is 1.98. The molecule has 0 spiro atoms. The first-order valence-electron chi connectivity index (χ1n) is 9.73. The summed E-state index contributed by atoms with van der Waals surface area (Å²) in [7, 11) is 2.10. The van der Waals surface area contributed by atoms with Crippen molar-refractivity contribution < 1.29 is 33.9 Å². The number of carbonyl (C=O) groups is 6. The zero-order valence-corrected chi connectivity index (χ0v) is 18.5. The van der Waals surface area contributed by atoms with Gasteiger partial charge in [0.25, 0.3) is 23.6 Å². The van der Waals surface area contributed by atoms with Crippen LogP contribution in [0, 0.1) is 0 Å². The Kier molecular flexibility index (Phi) is 6.34. The molecule has 0 aromatic heterocycles. The molecule has 168 valence electrons. The number of nitrogens with zero attached hydrogens (tertiary/aromatic N) is 2. The molecule has 2 heterocycles. The molecule has 2 aliphatic heterocycles. The molecular weight excluding hydrogens is 468 g/mol. The summed E-state index contributed by atoms with van der Waals surface area (Å²) in [5.74, 6) is -3.94. The van der Waals surface area contributed by atoms with Crippen LogP contribution in [0.2, 0.25) is 0 Å². The Morgan fingerprint density at radius 1 is 0.758 bits per heavy atom. The summed E-state index contributed by atoms with van der Waals surface area (Å²) in [5.41, 5.74) is 0.753. The molecule has 0 bridgehead atoms. The topological polar surface area (TPSA) is 129 Å². The second kappa shape index (κ2) is 9.20. The maximum atomic E-state index is 12.6. The highest BCUT2D eigenvalue weighted by molar-refractivity contribution is 8.76. The number of aliphatic carboxylic acids is 1. The van der Waals surface area contributed by atoms with E-state index in [1.807, 2.05) is 0 Å². The number of hydrogen-bond donors (Lipinski definition) is 1. The minimum Gasteiger partial charge on any atom is -0.480 e. The number of benzene rings is 2. The molecule has 33 heavy (non-hydrogen) atoms. The van der Waals surface area contributed by atoms with Gasteiger partial charge in [0, 0.05) is 11.5 Å². The molecule has 1 N–H and O–H groups in total. The minimum atomic E-state index is -1.41. The van der Waals surface area contributed by atoms with Gasteiger partial charge in [0.2, 0.25) is 0 Å². The maximum Gasteiger partial charge on any atom is 0.327 e. The largest absolute Gasteiger partial charge is 0.480 e. The van der Waals surface area contributed by atoms with Gasteiger partial charge >= 0.3 is 5.97 Å². The predicted molar refractivity (Wildman–Crippen MR) is 120 cm³/mol. The van der Waals surface area contributed by atoms with Gasteiger partial charge in [-0.05, 0) is 24.3 Å². The number of amides is 4. The lowest BCUT2D eigenvalue weighted by Crippen LogP contribution is -2.46. The number of aldehydes is 1. The van der Waals surface area contributed by atoms with E-state index in [0.717, 1.165) is 31.4 Å². The highest BCUT2D eigenvalue weighted by Gasteiger charge is 2.43. The van der Waals surface area contributed by atoms with Gasteiger partial charge in [0.1, 0.15) is 18.4 Å². The van der Waals surface area contributed by atoms with Crippen molar-refractivity contribution in [2.75, 3.05) is 11.5 Å². The van der Waals surface area contributed by atoms with Crippen LogP contribution in [0.3, 0.4) is 0 Å². The molecule has 2 aromatic rings. The summed E-state index contributed by atoms with van der Waals surface area (Å²) >= 11 is 0. The Labute approximate surface area is 195 Å². The molecule has 4 rings (SSSR count). The summed E-state index contributed by atoms with van der Waals surface area (Å²) in [5, 5.41) is 9.62. The number of imide groups is 2. The van der Waals surface area contributed by atoms with Gasteiger partial charge in [-0.25, -0.2) is 4.79 Å². The third-order valence-electron chi connectivity index (χ3n) is 5.28. The maximum absolute atomic E-state index is 12.6. The third kappa shape index (κ3) is 3.93. The quantitative estimate of drug-likeness (QED) is 0.246. The molecule has 11 heteroatoms. The Balaban J connectivity index is 1.39. The first kappa shape index (κ1) is 22.7. The fourth-order valence-electron chi connectivity index (χ4n) is 3.66. The van der Waals surface area contributed by atoms with Gasteiger partial charge in [0.05, 0.1) is 22.3 Å². The SMILES string of the molecule is O=C[C@H](CSSC[C@@H](C(=O)O)N1C(=O)c2ccccc2C1=O)N1C(=O)c2ccccc2C1=O. The summed E-state index contributed by atoms with van der Waals surface area (Å²) < 4.78 is 0. The molecule has 9 nitrogen and oxygen atoms in total. The van der Waals surface area contributed by atoms with Crippen LogP contribution >= 0.6 is 21.6 Å². The van der Waals surface area contributed by atoms with Crippen LogP contribution < -0.4 is 0 Å². The smallest absolute Gasteiger partial charge is 0.327 e. The standard InChI is InChI=1S/C22H16N2O7S2/c25-9-12(23-18(26)13-5-1-2-6-14(13)19(23)27)10-32-33-11-17(22(30)31)24-20(28)15-7-3-4-8-16(15)21(24)29/h1-9,12,17H,10-11H2,(H,30,31)/t12-,17+/m1/s1. The van der Waals surface area contributed by atoms with E-state index in [1.165, 1.54) is 24.3 Å². The van der Waals surface area contributed by atoms with Gasteiger partial charge in [-0.2, -0.15) is 0 Å². The molecule has 2 atom stereocenters. The van der Waals surface area contributed by atoms with Crippen LogP contribution in [0.15, 0.2) is 48.5 Å². The van der Waals surface area contributed by atoms with Crippen LogP contribution in [0.25, 0.3) is 0 Å².